The van der Waals surface area contributed by atoms with Crippen LogP contribution in [0.1, 0.15) is 42.9 Å². The molecule has 30 heavy (non-hydrogen) atoms. The molecular weight excluding hydrogens is 440 g/mol. The average Bonchev–Trinajstić information content (AvgIpc) is 3.25. The van der Waals surface area contributed by atoms with Crippen molar-refractivity contribution in [3.05, 3.63) is 129 Å². The summed E-state index contributed by atoms with van der Waals surface area (Å²) >= 11 is -2.87. The summed E-state index contributed by atoms with van der Waals surface area (Å²) in [7, 11) is 0. The van der Waals surface area contributed by atoms with Gasteiger partial charge in [0.05, 0.1) is 0 Å². The molecule has 3 aromatic rings. The van der Waals surface area contributed by atoms with Crippen LogP contribution in [0.3, 0.4) is 0 Å². The normalized spacial score (nSPS) is 13.8. The van der Waals surface area contributed by atoms with Gasteiger partial charge in [-0.3, -0.25) is 0 Å². The second-order valence-electron chi connectivity index (χ2n) is 8.63. The van der Waals surface area contributed by atoms with E-state index >= 15 is 0 Å². The van der Waals surface area contributed by atoms with Crippen LogP contribution in [0.2, 0.25) is 0 Å². The topological polar surface area (TPSA) is 0 Å². The van der Waals surface area contributed by atoms with E-state index in [0.717, 1.165) is 0 Å². The van der Waals surface area contributed by atoms with Crippen molar-refractivity contribution in [3.63, 3.8) is 0 Å². The first-order valence-electron chi connectivity index (χ1n) is 11.3. The molecule has 1 heteroatoms. The summed E-state index contributed by atoms with van der Waals surface area (Å²) in [4.78, 5) is 0. The molecule has 0 nitrogen and oxygen atoms in total. The maximum atomic E-state index is 2.45. The summed E-state index contributed by atoms with van der Waals surface area (Å²) in [5, 5.41) is 0. The second-order valence-corrected chi connectivity index (χ2v) is 19.0. The molecule has 0 unspecified atom stereocenters. The second kappa shape index (κ2) is 10.4. The third-order valence-corrected chi connectivity index (χ3v) is 18.8. The van der Waals surface area contributed by atoms with Crippen molar-refractivity contribution in [1.82, 2.24) is 0 Å². The predicted molar refractivity (Wildman–Crippen MR) is 126 cm³/mol. The molecule has 0 aromatic heterocycles. The Kier molecular flexibility index (Phi) is 7.34. The van der Waals surface area contributed by atoms with Crippen LogP contribution in [0, 0.1) is 0 Å². The van der Waals surface area contributed by atoms with Crippen LogP contribution in [0.4, 0.5) is 0 Å². The van der Waals surface area contributed by atoms with E-state index in [1.807, 2.05) is 3.28 Å². The molecule has 0 amide bonds. The standard InChI is InChI=1S/C8H11.3C7H7.Zr/c1-2-5-8-6-3-4-7-8;3*1-7-5-3-2-4-6-7;/h3,6H,2,4-5H2,1H3;3*2-6H,1H2;. The van der Waals surface area contributed by atoms with Crippen molar-refractivity contribution in [2.75, 3.05) is 0 Å². The summed E-state index contributed by atoms with van der Waals surface area (Å²) in [6, 6.07) is 33.8. The van der Waals surface area contributed by atoms with Crippen LogP contribution in [-0.2, 0) is 32.7 Å². The quantitative estimate of drug-likeness (QED) is 0.299. The molecule has 4 rings (SSSR count). The van der Waals surface area contributed by atoms with Gasteiger partial charge in [0.15, 0.2) is 0 Å². The SMILES string of the molecule is CCCC1=[C]([Zr]([CH2]c2ccccc2)([CH2]c2ccccc2)[CH2]c2ccccc2)CC=C1. The summed E-state index contributed by atoms with van der Waals surface area (Å²) in [5.41, 5.74) is 6.23. The number of hydrogen-bond acceptors (Lipinski definition) is 0. The fourth-order valence-electron chi connectivity index (χ4n) is 5.08. The van der Waals surface area contributed by atoms with Gasteiger partial charge in [-0.15, -0.1) is 0 Å². The van der Waals surface area contributed by atoms with Gasteiger partial charge in [0, 0.05) is 0 Å². The van der Waals surface area contributed by atoms with Crippen molar-refractivity contribution in [3.8, 4) is 0 Å². The van der Waals surface area contributed by atoms with Crippen LogP contribution in [0.5, 0.6) is 0 Å². The van der Waals surface area contributed by atoms with Crippen LogP contribution >= 0.6 is 0 Å². The third-order valence-electron chi connectivity index (χ3n) is 6.34. The van der Waals surface area contributed by atoms with Gasteiger partial charge in [-0.2, -0.15) is 0 Å². The zero-order valence-corrected chi connectivity index (χ0v) is 20.5. The molecule has 0 fully saturated rings. The maximum absolute atomic E-state index is 2.87. The summed E-state index contributed by atoms with van der Waals surface area (Å²) in [6.07, 6.45) is 8.52. The Morgan fingerprint density at radius 3 is 1.47 bits per heavy atom. The number of benzene rings is 3. The van der Waals surface area contributed by atoms with Gasteiger partial charge in [0.25, 0.3) is 0 Å². The molecule has 0 radical (unpaired) electrons. The molecule has 0 N–H and O–H groups in total. The van der Waals surface area contributed by atoms with Gasteiger partial charge < -0.3 is 0 Å². The van der Waals surface area contributed by atoms with Crippen LogP contribution in [0.15, 0.2) is 112 Å². The Morgan fingerprint density at radius 1 is 0.633 bits per heavy atom. The first-order valence-corrected chi connectivity index (χ1v) is 17.7. The van der Waals surface area contributed by atoms with Crippen molar-refractivity contribution >= 4 is 0 Å². The number of hydrogen-bond donors (Lipinski definition) is 0. The zero-order valence-electron chi connectivity index (χ0n) is 18.1. The molecule has 0 heterocycles. The van der Waals surface area contributed by atoms with E-state index < -0.39 is 20.3 Å². The van der Waals surface area contributed by atoms with E-state index in [-0.39, 0.29) is 0 Å². The molecule has 0 atom stereocenters. The van der Waals surface area contributed by atoms with Gasteiger partial charge >= 0.3 is 188 Å². The van der Waals surface area contributed by atoms with Gasteiger partial charge in [0.2, 0.25) is 0 Å². The molecule has 1 aliphatic carbocycles. The molecule has 0 spiro atoms. The van der Waals surface area contributed by atoms with Crippen molar-refractivity contribution in [1.29, 1.82) is 0 Å². The Morgan fingerprint density at radius 2 is 1.07 bits per heavy atom. The Hall–Kier alpha value is -1.98. The van der Waals surface area contributed by atoms with Crippen LogP contribution in [-0.4, -0.2) is 0 Å². The third kappa shape index (κ3) is 5.19. The van der Waals surface area contributed by atoms with E-state index in [2.05, 4.69) is 110 Å². The van der Waals surface area contributed by atoms with Crippen LogP contribution < -0.4 is 0 Å². The Labute approximate surface area is 186 Å². The molecule has 0 bridgehead atoms. The van der Waals surface area contributed by atoms with Crippen molar-refractivity contribution in [2.45, 2.75) is 38.6 Å². The molecule has 152 valence electrons. The van der Waals surface area contributed by atoms with Gasteiger partial charge in [-0.05, 0) is 0 Å². The summed E-state index contributed by atoms with van der Waals surface area (Å²) < 4.78 is 5.71. The van der Waals surface area contributed by atoms with Crippen molar-refractivity contribution < 1.29 is 20.3 Å². The molecule has 3 aromatic carbocycles. The first-order chi connectivity index (χ1) is 14.8. The van der Waals surface area contributed by atoms with E-state index in [1.165, 1.54) is 48.3 Å². The monoisotopic (exact) mass is 470 g/mol. The zero-order chi connectivity index (χ0) is 20.7. The fourth-order valence-corrected chi connectivity index (χ4v) is 18.6. The first kappa shape index (κ1) is 21.3. The minimum atomic E-state index is -2.87. The molecule has 1 aliphatic rings. The van der Waals surface area contributed by atoms with E-state index in [4.69, 9.17) is 0 Å². The van der Waals surface area contributed by atoms with Gasteiger partial charge in [0.1, 0.15) is 0 Å². The summed E-state index contributed by atoms with van der Waals surface area (Å²) in [5.74, 6) is 0. The fraction of sp³-hybridized carbons (Fsp3) is 0.241. The van der Waals surface area contributed by atoms with E-state index in [0.29, 0.717) is 0 Å². The van der Waals surface area contributed by atoms with Crippen LogP contribution in [0.25, 0.3) is 0 Å². The Balaban J connectivity index is 1.83. The van der Waals surface area contributed by atoms with Gasteiger partial charge in [-0.25, -0.2) is 0 Å². The minimum absolute atomic E-state index is 1.18. The summed E-state index contributed by atoms with van der Waals surface area (Å²) in [6.45, 7) is 2.32. The molecule has 0 saturated heterocycles. The van der Waals surface area contributed by atoms with E-state index in [9.17, 15) is 0 Å². The van der Waals surface area contributed by atoms with E-state index in [1.54, 1.807) is 5.57 Å². The van der Waals surface area contributed by atoms with Crippen molar-refractivity contribution in [2.24, 2.45) is 0 Å². The molecular formula is C29H32Zr. The number of rotatable bonds is 9. The van der Waals surface area contributed by atoms with Gasteiger partial charge in [-0.1, -0.05) is 0 Å². The molecule has 0 saturated carbocycles. The predicted octanol–water partition coefficient (Wildman–Crippen LogP) is 7.76. The average molecular weight is 472 g/mol. The molecule has 0 aliphatic heterocycles. The number of allylic oxidation sites excluding steroid dienone is 4. The Bertz CT molecular complexity index is 883.